The minimum Gasteiger partial charge on any atom is -0.480 e. The lowest BCUT2D eigenvalue weighted by atomic mass is 10.1. The second-order valence-corrected chi connectivity index (χ2v) is 5.26. The van der Waals surface area contributed by atoms with E-state index in [-0.39, 0.29) is 18.7 Å². The lowest BCUT2D eigenvalue weighted by Gasteiger charge is -2.20. The third-order valence-corrected chi connectivity index (χ3v) is 3.67. The minimum absolute atomic E-state index is 0.0851. The number of methoxy groups -OCH3 is 1. The summed E-state index contributed by atoms with van der Waals surface area (Å²) in [5, 5.41) is 30.4. The predicted molar refractivity (Wildman–Crippen MR) is 78.5 cm³/mol. The van der Waals surface area contributed by atoms with Crippen molar-refractivity contribution in [2.75, 3.05) is 20.3 Å². The molecule has 2 heterocycles. The van der Waals surface area contributed by atoms with Gasteiger partial charge < -0.3 is 30.1 Å². The molecule has 1 fully saturated rings. The second-order valence-electron chi connectivity index (χ2n) is 5.26. The number of carboxylic acid groups (broad SMARTS) is 1. The molecule has 0 radical (unpaired) electrons. The van der Waals surface area contributed by atoms with Crippen LogP contribution in [0.4, 0.5) is 0 Å². The number of nitrogens with one attached hydrogen (secondary N) is 2. The van der Waals surface area contributed by atoms with Crippen molar-refractivity contribution in [3.05, 3.63) is 32.6 Å². The van der Waals surface area contributed by atoms with Gasteiger partial charge in [-0.1, -0.05) is 0 Å². The van der Waals surface area contributed by atoms with Gasteiger partial charge in [0.05, 0.1) is 13.2 Å². The molecule has 134 valence electrons. The van der Waals surface area contributed by atoms with Crippen LogP contribution in [0.1, 0.15) is 11.8 Å². The van der Waals surface area contributed by atoms with E-state index in [4.69, 9.17) is 14.6 Å². The van der Waals surface area contributed by atoms with Crippen LogP contribution < -0.4 is 16.6 Å². The highest BCUT2D eigenvalue weighted by Gasteiger charge is 2.45. The Morgan fingerprint density at radius 3 is 2.79 bits per heavy atom. The first-order chi connectivity index (χ1) is 11.4. The van der Waals surface area contributed by atoms with E-state index >= 15 is 0 Å². The van der Waals surface area contributed by atoms with Crippen LogP contribution in [0.2, 0.25) is 0 Å². The first kappa shape index (κ1) is 18.3. The Balaban J connectivity index is 2.31. The number of carboxylic acids is 1. The third-order valence-electron chi connectivity index (χ3n) is 3.67. The Hall–Kier alpha value is -2.05. The largest absolute Gasteiger partial charge is 0.480 e. The Kier molecular flexibility index (Phi) is 5.85. The quantitative estimate of drug-likeness (QED) is 0.346. The summed E-state index contributed by atoms with van der Waals surface area (Å²) in [6, 6.07) is 0. The summed E-state index contributed by atoms with van der Waals surface area (Å²) in [5.74, 6) is -1.09. The Bertz CT molecular complexity index is 699. The summed E-state index contributed by atoms with van der Waals surface area (Å²) in [7, 11) is 1.32. The Morgan fingerprint density at radius 2 is 2.21 bits per heavy atom. The zero-order valence-corrected chi connectivity index (χ0v) is 12.8. The van der Waals surface area contributed by atoms with Crippen LogP contribution in [-0.4, -0.2) is 69.4 Å². The number of nitrogens with zero attached hydrogens (tertiary/aromatic N) is 1. The molecule has 5 N–H and O–H groups in total. The number of carbonyl (C=O) groups is 1. The molecule has 11 nitrogen and oxygen atoms in total. The van der Waals surface area contributed by atoms with Crippen LogP contribution >= 0.6 is 0 Å². The van der Waals surface area contributed by atoms with Crippen molar-refractivity contribution in [1.82, 2.24) is 14.9 Å². The molecule has 1 aromatic heterocycles. The summed E-state index contributed by atoms with van der Waals surface area (Å²) in [4.78, 5) is 36.4. The highest BCUT2D eigenvalue weighted by molar-refractivity contribution is 5.68. The van der Waals surface area contributed by atoms with Crippen molar-refractivity contribution in [3.63, 3.8) is 0 Å². The molecule has 0 aliphatic carbocycles. The van der Waals surface area contributed by atoms with E-state index in [1.165, 1.54) is 13.3 Å². The van der Waals surface area contributed by atoms with Crippen LogP contribution in [0.5, 0.6) is 0 Å². The van der Waals surface area contributed by atoms with Crippen LogP contribution in [-0.2, 0) is 20.8 Å². The lowest BCUT2D eigenvalue weighted by Crippen LogP contribution is -2.40. The van der Waals surface area contributed by atoms with Crippen molar-refractivity contribution in [3.8, 4) is 0 Å². The van der Waals surface area contributed by atoms with Crippen molar-refractivity contribution in [1.29, 1.82) is 0 Å². The number of rotatable bonds is 7. The van der Waals surface area contributed by atoms with Gasteiger partial charge in [0.2, 0.25) is 0 Å². The lowest BCUT2D eigenvalue weighted by molar-refractivity contribution is -0.136. The summed E-state index contributed by atoms with van der Waals surface area (Å²) in [5.41, 5.74) is -1.34. The normalized spacial score (nSPS) is 26.6. The molecule has 1 aliphatic rings. The number of hydrogen-bond acceptors (Lipinski definition) is 8. The van der Waals surface area contributed by atoms with E-state index in [1.54, 1.807) is 0 Å². The van der Waals surface area contributed by atoms with Gasteiger partial charge in [0, 0.05) is 25.4 Å². The van der Waals surface area contributed by atoms with Gasteiger partial charge in [-0.05, 0) is 0 Å². The number of hydrogen-bond donors (Lipinski definition) is 5. The van der Waals surface area contributed by atoms with E-state index in [0.29, 0.717) is 0 Å². The first-order valence-electron chi connectivity index (χ1n) is 7.13. The number of ether oxygens (including phenoxy) is 2. The molecule has 0 spiro atoms. The molecule has 0 saturated carbocycles. The SMILES string of the molecule is CO[C@H]1C(O)[C@@H](CO)O[C@H]1n1cc(CNCC(=O)O)c(=O)[nH]c1=O. The van der Waals surface area contributed by atoms with Crippen LogP contribution in [0.3, 0.4) is 0 Å². The second kappa shape index (κ2) is 7.68. The maximum atomic E-state index is 12.0. The number of aromatic amines is 1. The van der Waals surface area contributed by atoms with Crippen molar-refractivity contribution in [2.45, 2.75) is 31.1 Å². The van der Waals surface area contributed by atoms with E-state index in [0.717, 1.165) is 4.57 Å². The minimum atomic E-state index is -1.16. The topological polar surface area (TPSA) is 163 Å². The molecule has 1 aliphatic heterocycles. The zero-order chi connectivity index (χ0) is 17.9. The van der Waals surface area contributed by atoms with Crippen molar-refractivity contribution >= 4 is 5.97 Å². The predicted octanol–water partition coefficient (Wildman–Crippen LogP) is -3.02. The molecule has 0 amide bonds. The van der Waals surface area contributed by atoms with Gasteiger partial charge in [0.1, 0.15) is 18.3 Å². The molecule has 1 saturated heterocycles. The molecule has 1 unspecified atom stereocenters. The molecule has 4 atom stereocenters. The van der Waals surface area contributed by atoms with Crippen molar-refractivity contribution in [2.24, 2.45) is 0 Å². The fraction of sp³-hybridized carbons (Fsp3) is 0.615. The molecule has 1 aromatic rings. The molecule has 24 heavy (non-hydrogen) atoms. The average Bonchev–Trinajstić information content (AvgIpc) is 2.84. The van der Waals surface area contributed by atoms with Gasteiger partial charge in [-0.3, -0.25) is 19.1 Å². The van der Waals surface area contributed by atoms with Crippen LogP contribution in [0.15, 0.2) is 15.8 Å². The molecule has 2 rings (SSSR count). The third kappa shape index (κ3) is 3.71. The number of aromatic nitrogens is 2. The van der Waals surface area contributed by atoms with Gasteiger partial charge in [0.15, 0.2) is 6.23 Å². The molecule has 11 heteroatoms. The van der Waals surface area contributed by atoms with Crippen LogP contribution in [0.25, 0.3) is 0 Å². The van der Waals surface area contributed by atoms with E-state index < -0.39 is 48.4 Å². The van der Waals surface area contributed by atoms with E-state index in [2.05, 4.69) is 10.3 Å². The van der Waals surface area contributed by atoms with Gasteiger partial charge in [-0.2, -0.15) is 0 Å². The molecule has 0 aromatic carbocycles. The Labute approximate surface area is 135 Å². The maximum Gasteiger partial charge on any atom is 0.330 e. The summed E-state index contributed by atoms with van der Waals surface area (Å²) < 4.78 is 11.6. The number of aliphatic hydroxyl groups is 2. The van der Waals surface area contributed by atoms with Gasteiger partial charge in [0.25, 0.3) is 5.56 Å². The van der Waals surface area contributed by atoms with Gasteiger partial charge in [-0.25, -0.2) is 4.79 Å². The van der Waals surface area contributed by atoms with Gasteiger partial charge >= 0.3 is 11.7 Å². The van der Waals surface area contributed by atoms with Crippen LogP contribution in [0, 0.1) is 0 Å². The number of aliphatic carboxylic acids is 1. The van der Waals surface area contributed by atoms with E-state index in [1.807, 2.05) is 0 Å². The number of H-pyrrole nitrogens is 1. The molecule has 0 bridgehead atoms. The molecular formula is C13H19N3O8. The van der Waals surface area contributed by atoms with Crippen molar-refractivity contribution < 1.29 is 29.6 Å². The smallest absolute Gasteiger partial charge is 0.330 e. The first-order valence-corrected chi connectivity index (χ1v) is 7.13. The van der Waals surface area contributed by atoms with E-state index in [9.17, 15) is 24.6 Å². The van der Waals surface area contributed by atoms with Gasteiger partial charge in [-0.15, -0.1) is 0 Å². The number of aliphatic hydroxyl groups excluding tert-OH is 2. The Morgan fingerprint density at radius 1 is 1.50 bits per heavy atom. The summed E-state index contributed by atoms with van der Waals surface area (Å²) in [6.45, 7) is -0.911. The highest BCUT2D eigenvalue weighted by Crippen LogP contribution is 2.30. The monoisotopic (exact) mass is 345 g/mol. The maximum absolute atomic E-state index is 12.0. The summed E-state index contributed by atoms with van der Waals surface area (Å²) >= 11 is 0. The summed E-state index contributed by atoms with van der Waals surface area (Å²) in [6.07, 6.45) is -2.86. The highest BCUT2D eigenvalue weighted by atomic mass is 16.6. The fourth-order valence-electron chi connectivity index (χ4n) is 2.49. The zero-order valence-electron chi connectivity index (χ0n) is 12.8. The fourth-order valence-corrected chi connectivity index (χ4v) is 2.49. The molecular weight excluding hydrogens is 326 g/mol. The standard InChI is InChI=1S/C13H19N3O8/c1-23-10-9(20)7(5-17)24-12(10)16-4-6(2-14-3-8(18)19)11(21)15-13(16)22/h4,7,9-10,12,14,17,20H,2-3,5H2,1H3,(H,18,19)(H,15,21,22)/t7-,9?,10+,12-/m1/s1. The average molecular weight is 345 g/mol.